The summed E-state index contributed by atoms with van der Waals surface area (Å²) >= 11 is 7.33. The summed E-state index contributed by atoms with van der Waals surface area (Å²) < 4.78 is 8.91. The number of hydrogen-bond acceptors (Lipinski definition) is 6. The number of thioether (sulfide) groups is 1. The zero-order chi connectivity index (χ0) is 23.5. The fraction of sp³-hybridized carbons (Fsp3) is 0.217. The van der Waals surface area contributed by atoms with E-state index in [-0.39, 0.29) is 11.7 Å². The van der Waals surface area contributed by atoms with E-state index in [1.165, 1.54) is 24.4 Å². The van der Waals surface area contributed by atoms with Crippen molar-refractivity contribution in [2.24, 2.45) is 14.1 Å². The number of aryl methyl sites for hydroxylation is 2. The van der Waals surface area contributed by atoms with E-state index >= 15 is 0 Å². The Morgan fingerprint density at radius 1 is 1.15 bits per heavy atom. The molecule has 4 rings (SSSR count). The summed E-state index contributed by atoms with van der Waals surface area (Å²) in [6.07, 6.45) is 1.92. The van der Waals surface area contributed by atoms with E-state index in [4.69, 9.17) is 16.3 Å². The van der Waals surface area contributed by atoms with Gasteiger partial charge in [-0.1, -0.05) is 53.2 Å². The van der Waals surface area contributed by atoms with Crippen LogP contribution in [-0.4, -0.2) is 43.3 Å². The van der Waals surface area contributed by atoms with Gasteiger partial charge in [-0.25, -0.2) is 0 Å². The molecule has 4 aromatic rings. The highest BCUT2D eigenvalue weighted by molar-refractivity contribution is 7.99. The van der Waals surface area contributed by atoms with Gasteiger partial charge in [-0.2, -0.15) is 5.10 Å². The van der Waals surface area contributed by atoms with Crippen LogP contribution in [0.1, 0.15) is 5.56 Å². The summed E-state index contributed by atoms with van der Waals surface area (Å²) in [5.41, 5.74) is 4.41. The lowest BCUT2D eigenvalue weighted by atomic mass is 10.1. The van der Waals surface area contributed by atoms with Crippen molar-refractivity contribution in [1.82, 2.24) is 24.5 Å². The van der Waals surface area contributed by atoms with Gasteiger partial charge >= 0.3 is 0 Å². The number of amides is 1. The molecule has 0 aliphatic carbocycles. The van der Waals surface area contributed by atoms with Gasteiger partial charge in [0.2, 0.25) is 5.91 Å². The normalized spacial score (nSPS) is 10.9. The third kappa shape index (κ3) is 5.04. The summed E-state index contributed by atoms with van der Waals surface area (Å²) in [5.74, 6) is 1.17. The first-order chi connectivity index (χ1) is 15.9. The number of nitrogens with one attached hydrogen (secondary N) is 1. The van der Waals surface area contributed by atoms with Gasteiger partial charge in [-0.15, -0.1) is 10.2 Å². The highest BCUT2D eigenvalue weighted by Gasteiger charge is 2.19. The fourth-order valence-corrected chi connectivity index (χ4v) is 4.23. The molecule has 0 fully saturated rings. The number of rotatable bonds is 7. The molecule has 170 valence electrons. The van der Waals surface area contributed by atoms with Gasteiger partial charge in [0.15, 0.2) is 11.0 Å². The molecule has 33 heavy (non-hydrogen) atoms. The maximum absolute atomic E-state index is 12.5. The Labute approximate surface area is 200 Å². The second-order valence-electron chi connectivity index (χ2n) is 7.48. The number of nitrogens with zero attached hydrogens (tertiary/aromatic N) is 5. The van der Waals surface area contributed by atoms with Crippen molar-refractivity contribution in [3.63, 3.8) is 0 Å². The average molecular weight is 483 g/mol. The van der Waals surface area contributed by atoms with E-state index in [2.05, 4.69) is 32.7 Å². The van der Waals surface area contributed by atoms with Crippen molar-refractivity contribution in [2.75, 3.05) is 18.2 Å². The highest BCUT2D eigenvalue weighted by atomic mass is 35.5. The average Bonchev–Trinajstić information content (AvgIpc) is 3.35. The Kier molecular flexibility index (Phi) is 6.71. The molecular formula is C23H23ClN6O2S. The molecule has 2 aromatic heterocycles. The van der Waals surface area contributed by atoms with Crippen LogP contribution in [0.3, 0.4) is 0 Å². The van der Waals surface area contributed by atoms with Crippen LogP contribution in [0.4, 0.5) is 5.69 Å². The van der Waals surface area contributed by atoms with Crippen LogP contribution in [0, 0.1) is 6.92 Å². The lowest BCUT2D eigenvalue weighted by Crippen LogP contribution is -2.15. The quantitative estimate of drug-likeness (QED) is 0.388. The summed E-state index contributed by atoms with van der Waals surface area (Å²) in [4.78, 5) is 12.5. The Hall–Kier alpha value is -3.30. The minimum absolute atomic E-state index is 0.152. The SMILES string of the molecule is COc1ccc(Cl)cc1NC(=O)CSc1nnc(-c2cn(C)nc2-c2ccc(C)cc2)n1C. The Morgan fingerprint density at radius 3 is 2.64 bits per heavy atom. The van der Waals surface area contributed by atoms with Gasteiger partial charge in [0.05, 0.1) is 24.1 Å². The molecule has 0 spiro atoms. The second kappa shape index (κ2) is 9.68. The van der Waals surface area contributed by atoms with Gasteiger partial charge in [0.1, 0.15) is 11.4 Å². The van der Waals surface area contributed by atoms with Gasteiger partial charge in [0, 0.05) is 30.9 Å². The number of methoxy groups -OCH3 is 1. The van der Waals surface area contributed by atoms with E-state index in [0.717, 1.165) is 16.8 Å². The molecule has 0 unspecified atom stereocenters. The van der Waals surface area contributed by atoms with Crippen LogP contribution >= 0.6 is 23.4 Å². The zero-order valence-corrected chi connectivity index (χ0v) is 20.2. The van der Waals surface area contributed by atoms with Crippen molar-refractivity contribution in [2.45, 2.75) is 12.1 Å². The smallest absolute Gasteiger partial charge is 0.234 e. The monoisotopic (exact) mass is 482 g/mol. The largest absolute Gasteiger partial charge is 0.495 e. The van der Waals surface area contributed by atoms with Crippen molar-refractivity contribution in [1.29, 1.82) is 0 Å². The summed E-state index contributed by atoms with van der Waals surface area (Å²) in [7, 11) is 5.29. The van der Waals surface area contributed by atoms with Crippen LogP contribution < -0.4 is 10.1 Å². The maximum atomic E-state index is 12.5. The summed E-state index contributed by atoms with van der Waals surface area (Å²) in [6.45, 7) is 2.05. The Bertz CT molecular complexity index is 1300. The molecular weight excluding hydrogens is 460 g/mol. The standard InChI is InChI=1S/C23H23ClN6O2S/c1-14-5-7-15(8-6-14)21-17(12-29(2)28-21)22-26-27-23(30(22)3)33-13-20(31)25-18-11-16(24)9-10-19(18)32-4/h5-12H,13H2,1-4H3,(H,25,31). The lowest BCUT2D eigenvalue weighted by molar-refractivity contribution is -0.113. The summed E-state index contributed by atoms with van der Waals surface area (Å²) in [6, 6.07) is 13.3. The van der Waals surface area contributed by atoms with Crippen LogP contribution in [0.15, 0.2) is 53.8 Å². The van der Waals surface area contributed by atoms with E-state index in [1.807, 2.05) is 43.9 Å². The minimum atomic E-state index is -0.202. The molecule has 10 heteroatoms. The van der Waals surface area contributed by atoms with Gasteiger partial charge in [-0.3, -0.25) is 9.48 Å². The first-order valence-electron chi connectivity index (χ1n) is 10.1. The van der Waals surface area contributed by atoms with E-state index in [0.29, 0.717) is 27.4 Å². The van der Waals surface area contributed by atoms with Gasteiger partial charge in [0.25, 0.3) is 0 Å². The van der Waals surface area contributed by atoms with Crippen molar-refractivity contribution >= 4 is 35.0 Å². The van der Waals surface area contributed by atoms with Crippen molar-refractivity contribution in [3.8, 4) is 28.4 Å². The van der Waals surface area contributed by atoms with Gasteiger partial charge in [-0.05, 0) is 25.1 Å². The third-order valence-corrected chi connectivity index (χ3v) is 6.25. The molecule has 2 heterocycles. The van der Waals surface area contributed by atoms with Crippen LogP contribution in [0.5, 0.6) is 5.75 Å². The first-order valence-corrected chi connectivity index (χ1v) is 11.5. The maximum Gasteiger partial charge on any atom is 0.234 e. The number of benzene rings is 2. The molecule has 8 nitrogen and oxygen atoms in total. The number of anilines is 1. The van der Waals surface area contributed by atoms with Crippen LogP contribution in [0.25, 0.3) is 22.6 Å². The van der Waals surface area contributed by atoms with E-state index < -0.39 is 0 Å². The predicted octanol–water partition coefficient (Wildman–Crippen LogP) is 4.58. The molecule has 0 saturated carbocycles. The molecule has 0 radical (unpaired) electrons. The van der Waals surface area contributed by atoms with E-state index in [1.54, 1.807) is 22.9 Å². The fourth-order valence-electron chi connectivity index (χ4n) is 3.35. The zero-order valence-electron chi connectivity index (χ0n) is 18.7. The van der Waals surface area contributed by atoms with Crippen molar-refractivity contribution in [3.05, 3.63) is 59.2 Å². The van der Waals surface area contributed by atoms with Crippen LogP contribution in [-0.2, 0) is 18.9 Å². The highest BCUT2D eigenvalue weighted by Crippen LogP contribution is 2.32. The molecule has 2 aromatic carbocycles. The lowest BCUT2D eigenvalue weighted by Gasteiger charge is -2.10. The number of halogens is 1. The van der Waals surface area contributed by atoms with Crippen LogP contribution in [0.2, 0.25) is 5.02 Å². The number of carbonyl (C=O) groups excluding carboxylic acids is 1. The Morgan fingerprint density at radius 2 is 1.91 bits per heavy atom. The molecule has 1 N–H and O–H groups in total. The van der Waals surface area contributed by atoms with Gasteiger partial charge < -0.3 is 14.6 Å². The molecule has 0 saturated heterocycles. The minimum Gasteiger partial charge on any atom is -0.495 e. The molecule has 0 aliphatic heterocycles. The predicted molar refractivity (Wildman–Crippen MR) is 131 cm³/mol. The number of carbonyl (C=O) groups is 1. The molecule has 1 amide bonds. The number of aromatic nitrogens is 5. The molecule has 0 atom stereocenters. The first kappa shape index (κ1) is 22.9. The molecule has 0 bridgehead atoms. The molecule has 0 aliphatic rings. The van der Waals surface area contributed by atoms with E-state index in [9.17, 15) is 4.79 Å². The number of hydrogen-bond donors (Lipinski definition) is 1. The third-order valence-electron chi connectivity index (χ3n) is 5.00. The summed E-state index contributed by atoms with van der Waals surface area (Å²) in [5, 5.41) is 17.3. The topological polar surface area (TPSA) is 86.9 Å². The van der Waals surface area contributed by atoms with Crippen molar-refractivity contribution < 1.29 is 9.53 Å². The number of ether oxygens (including phenoxy) is 1. The second-order valence-corrected chi connectivity index (χ2v) is 8.86. The Balaban J connectivity index is 1.51.